The van der Waals surface area contributed by atoms with E-state index in [9.17, 15) is 9.59 Å². The Hall–Kier alpha value is -2.84. The molecule has 1 aliphatic heterocycles. The highest BCUT2D eigenvalue weighted by atomic mass is 35.5. The van der Waals surface area contributed by atoms with E-state index in [2.05, 4.69) is 31.8 Å². The Morgan fingerprint density at radius 1 is 1.12 bits per heavy atom. The van der Waals surface area contributed by atoms with Crippen molar-refractivity contribution in [3.63, 3.8) is 0 Å². The highest BCUT2D eigenvalue weighted by Gasteiger charge is 2.54. The molecule has 0 N–H and O–H groups in total. The van der Waals surface area contributed by atoms with Gasteiger partial charge in [0.1, 0.15) is 6.10 Å². The van der Waals surface area contributed by atoms with Crippen molar-refractivity contribution in [3.05, 3.63) is 111 Å². The number of carbonyl (C=O) groups excluding carboxylic acids is 2. The monoisotopic (exact) mass is 638 g/mol. The molecule has 5 rings (SSSR count). The van der Waals surface area contributed by atoms with Crippen LogP contribution < -0.4 is 0 Å². The van der Waals surface area contributed by atoms with Gasteiger partial charge < -0.3 is 14.4 Å². The number of esters is 1. The van der Waals surface area contributed by atoms with Gasteiger partial charge in [0.05, 0.1) is 24.8 Å². The summed E-state index contributed by atoms with van der Waals surface area (Å²) in [6.45, 7) is 8.41. The van der Waals surface area contributed by atoms with Crippen molar-refractivity contribution in [2.24, 2.45) is 0 Å². The van der Waals surface area contributed by atoms with E-state index in [1.807, 2.05) is 72.1 Å². The second kappa shape index (κ2) is 12.6. The lowest BCUT2D eigenvalue weighted by atomic mass is 9.85. The van der Waals surface area contributed by atoms with E-state index in [-0.39, 0.29) is 23.1 Å². The van der Waals surface area contributed by atoms with Crippen molar-refractivity contribution in [1.29, 1.82) is 0 Å². The maximum Gasteiger partial charge on any atom is 0.339 e. The van der Waals surface area contributed by atoms with Gasteiger partial charge in [-0.15, -0.1) is 0 Å². The zero-order chi connectivity index (χ0) is 30.9. The first-order valence-corrected chi connectivity index (χ1v) is 16.0. The SMILES string of the molecule is COC(=O)c1ccc(C[C@@]2(C)OC(c3cccc(Cl)c3)C(c3ccc(Cl)cc3)N(C(CSC(C)(C)C)C3=CC3)C2=O)nc1. The van der Waals surface area contributed by atoms with Crippen LogP contribution in [0.15, 0.2) is 78.5 Å². The normalized spacial score (nSPS) is 22.6. The van der Waals surface area contributed by atoms with Gasteiger partial charge in [-0.1, -0.05) is 74.3 Å². The predicted molar refractivity (Wildman–Crippen MR) is 173 cm³/mol. The fraction of sp³-hybridized carbons (Fsp3) is 0.382. The molecule has 1 saturated heterocycles. The van der Waals surface area contributed by atoms with Gasteiger partial charge in [0.15, 0.2) is 5.60 Å². The summed E-state index contributed by atoms with van der Waals surface area (Å²) in [6, 6.07) is 18.1. The van der Waals surface area contributed by atoms with E-state index in [1.54, 1.807) is 12.1 Å². The van der Waals surface area contributed by atoms with Crippen molar-refractivity contribution in [3.8, 4) is 0 Å². The van der Waals surface area contributed by atoms with Crippen LogP contribution in [0.25, 0.3) is 0 Å². The molecule has 1 aromatic heterocycles. The minimum atomic E-state index is -1.25. The Kier molecular flexibility index (Phi) is 9.29. The lowest BCUT2D eigenvalue weighted by Gasteiger charge is -2.52. The third kappa shape index (κ3) is 7.28. The van der Waals surface area contributed by atoms with Gasteiger partial charge in [-0.05, 0) is 66.4 Å². The minimum absolute atomic E-state index is 0.0137. The highest BCUT2D eigenvalue weighted by Crippen LogP contribution is 2.50. The van der Waals surface area contributed by atoms with Gasteiger partial charge >= 0.3 is 5.97 Å². The third-order valence-corrected chi connectivity index (χ3v) is 9.53. The summed E-state index contributed by atoms with van der Waals surface area (Å²) in [7, 11) is 1.33. The molecule has 4 atom stereocenters. The lowest BCUT2D eigenvalue weighted by molar-refractivity contribution is -0.200. The molecular formula is C34H36Cl2N2O4S. The molecular weight excluding hydrogens is 603 g/mol. The van der Waals surface area contributed by atoms with Gasteiger partial charge in [0.25, 0.3) is 5.91 Å². The predicted octanol–water partition coefficient (Wildman–Crippen LogP) is 8.05. The van der Waals surface area contributed by atoms with Crippen molar-refractivity contribution in [2.75, 3.05) is 12.9 Å². The summed E-state index contributed by atoms with van der Waals surface area (Å²) in [6.07, 6.45) is 4.24. The number of ether oxygens (including phenoxy) is 2. The number of thioether (sulfide) groups is 1. The number of aromatic nitrogens is 1. The Balaban J connectivity index is 1.63. The molecule has 2 aliphatic rings. The molecule has 1 amide bonds. The summed E-state index contributed by atoms with van der Waals surface area (Å²) in [5.74, 6) is 0.164. The minimum Gasteiger partial charge on any atom is -0.465 e. The number of hydrogen-bond donors (Lipinski definition) is 0. The Morgan fingerprint density at radius 2 is 1.84 bits per heavy atom. The maximum atomic E-state index is 14.9. The number of morpholine rings is 1. The van der Waals surface area contributed by atoms with E-state index in [1.165, 1.54) is 18.9 Å². The van der Waals surface area contributed by atoms with E-state index in [0.29, 0.717) is 21.3 Å². The number of hydrogen-bond acceptors (Lipinski definition) is 6. The van der Waals surface area contributed by atoms with E-state index in [0.717, 1.165) is 23.3 Å². The average Bonchev–Trinajstić information content (AvgIpc) is 3.81. The first-order valence-electron chi connectivity index (χ1n) is 14.3. The molecule has 0 radical (unpaired) electrons. The second-order valence-corrected chi connectivity index (χ2v) is 14.9. The highest BCUT2D eigenvalue weighted by molar-refractivity contribution is 8.00. The van der Waals surface area contributed by atoms with Gasteiger partial charge in [-0.25, -0.2) is 4.79 Å². The van der Waals surface area contributed by atoms with Gasteiger partial charge in [-0.3, -0.25) is 9.78 Å². The molecule has 0 spiro atoms. The molecule has 226 valence electrons. The van der Waals surface area contributed by atoms with Crippen molar-refractivity contribution in [2.45, 2.75) is 69.1 Å². The van der Waals surface area contributed by atoms with Crippen LogP contribution in [0.5, 0.6) is 0 Å². The molecule has 2 heterocycles. The first-order chi connectivity index (χ1) is 20.4. The van der Waals surface area contributed by atoms with Gasteiger partial charge in [0, 0.05) is 38.9 Å². The smallest absolute Gasteiger partial charge is 0.339 e. The van der Waals surface area contributed by atoms with E-state index < -0.39 is 23.7 Å². The van der Waals surface area contributed by atoms with Gasteiger partial charge in [0.2, 0.25) is 0 Å². The molecule has 0 saturated carbocycles. The molecule has 2 aromatic carbocycles. The number of nitrogens with zero attached hydrogens (tertiary/aromatic N) is 2. The van der Waals surface area contributed by atoms with Crippen LogP contribution in [0, 0.1) is 0 Å². The topological polar surface area (TPSA) is 68.7 Å². The molecule has 3 unspecified atom stereocenters. The second-order valence-electron chi connectivity index (χ2n) is 12.2. The molecule has 1 aliphatic carbocycles. The quantitative estimate of drug-likeness (QED) is 0.174. The van der Waals surface area contributed by atoms with Crippen LogP contribution in [0.2, 0.25) is 10.0 Å². The first kappa shape index (κ1) is 31.6. The fourth-order valence-electron chi connectivity index (χ4n) is 5.46. The van der Waals surface area contributed by atoms with Crippen molar-refractivity contribution >= 4 is 46.8 Å². The van der Waals surface area contributed by atoms with Crippen LogP contribution in [-0.2, 0) is 20.7 Å². The number of allylic oxidation sites excluding steroid dienone is 1. The van der Waals surface area contributed by atoms with Crippen molar-refractivity contribution < 1.29 is 19.1 Å². The molecule has 43 heavy (non-hydrogen) atoms. The summed E-state index contributed by atoms with van der Waals surface area (Å²) < 4.78 is 11.7. The summed E-state index contributed by atoms with van der Waals surface area (Å²) >= 11 is 14.7. The zero-order valence-electron chi connectivity index (χ0n) is 25.0. The van der Waals surface area contributed by atoms with E-state index >= 15 is 0 Å². The number of pyridine rings is 1. The largest absolute Gasteiger partial charge is 0.465 e. The standard InChI is InChI=1S/C34H36Cl2N2O4S/c1-33(2,3)43-20-28(21-9-10-21)38-29(22-11-14-25(35)15-12-22)30(23-7-6-8-26(36)17-23)42-34(4,32(38)40)18-27-16-13-24(19-37-27)31(39)41-5/h6-9,11-17,19,28-30H,10,18,20H2,1-5H3/t28?,29?,30?,34-/m1/s1. The number of methoxy groups -OCH3 is 1. The summed E-state index contributed by atoms with van der Waals surface area (Å²) in [5.41, 5.74) is 2.77. The Labute approximate surface area is 267 Å². The molecule has 1 fully saturated rings. The number of benzene rings is 2. The lowest BCUT2D eigenvalue weighted by Crippen LogP contribution is -2.61. The summed E-state index contributed by atoms with van der Waals surface area (Å²) in [5, 5.41) is 1.21. The Bertz CT molecular complexity index is 1520. The third-order valence-electron chi connectivity index (χ3n) is 7.69. The fourth-order valence-corrected chi connectivity index (χ4v) is 6.82. The van der Waals surface area contributed by atoms with Crippen LogP contribution in [0.1, 0.15) is 73.4 Å². The number of rotatable bonds is 9. The molecule has 9 heteroatoms. The molecule has 6 nitrogen and oxygen atoms in total. The zero-order valence-corrected chi connectivity index (χ0v) is 27.3. The average molecular weight is 640 g/mol. The maximum absolute atomic E-state index is 14.9. The van der Waals surface area contributed by atoms with Crippen LogP contribution >= 0.6 is 35.0 Å². The van der Waals surface area contributed by atoms with Crippen LogP contribution in [0.3, 0.4) is 0 Å². The molecule has 0 bridgehead atoms. The Morgan fingerprint density at radius 3 is 2.42 bits per heavy atom. The van der Waals surface area contributed by atoms with Crippen LogP contribution in [-0.4, -0.2) is 51.0 Å². The van der Waals surface area contributed by atoms with Crippen LogP contribution in [0.4, 0.5) is 0 Å². The summed E-state index contributed by atoms with van der Waals surface area (Å²) in [4.78, 5) is 33.4. The van der Waals surface area contributed by atoms with Crippen molar-refractivity contribution in [1.82, 2.24) is 9.88 Å². The number of carbonyl (C=O) groups is 2. The number of halogens is 2. The van der Waals surface area contributed by atoms with Gasteiger partial charge in [-0.2, -0.15) is 11.8 Å². The molecule has 3 aromatic rings. The van der Waals surface area contributed by atoms with E-state index in [4.69, 9.17) is 32.7 Å². The number of amides is 1.